The van der Waals surface area contributed by atoms with Gasteiger partial charge in [-0.15, -0.1) is 0 Å². The molecule has 0 saturated carbocycles. The number of hydrogen-bond donors (Lipinski definition) is 1. The number of likely N-dealkylation sites (tertiary alicyclic amines) is 1. The Labute approximate surface area is 229 Å². The highest BCUT2D eigenvalue weighted by atomic mass is 35.5. The predicted octanol–water partition coefficient (Wildman–Crippen LogP) is 5.73. The van der Waals surface area contributed by atoms with Crippen molar-refractivity contribution in [1.29, 1.82) is 0 Å². The van der Waals surface area contributed by atoms with Crippen molar-refractivity contribution in [1.82, 2.24) is 10.2 Å². The highest BCUT2D eigenvalue weighted by Gasteiger charge is 2.20. The first-order chi connectivity index (χ1) is 18.6. The second-order valence-electron chi connectivity index (χ2n) is 9.19. The molecule has 1 aliphatic rings. The quantitative estimate of drug-likeness (QED) is 0.280. The van der Waals surface area contributed by atoms with Gasteiger partial charge in [0.25, 0.3) is 5.91 Å². The second kappa shape index (κ2) is 13.9. The summed E-state index contributed by atoms with van der Waals surface area (Å²) in [5, 5.41) is 3.22. The zero-order valence-corrected chi connectivity index (χ0v) is 22.8. The van der Waals surface area contributed by atoms with Crippen LogP contribution >= 0.6 is 11.6 Å². The van der Waals surface area contributed by atoms with E-state index >= 15 is 0 Å². The topological polar surface area (TPSA) is 69.3 Å². The van der Waals surface area contributed by atoms with Gasteiger partial charge >= 0.3 is 0 Å². The van der Waals surface area contributed by atoms with Crippen LogP contribution in [-0.4, -0.2) is 51.2 Å². The fourth-order valence-corrected chi connectivity index (χ4v) is 4.62. The van der Waals surface area contributed by atoms with Crippen LogP contribution in [0.2, 0.25) is 5.02 Å². The van der Waals surface area contributed by atoms with Gasteiger partial charge in [-0.25, -0.2) is 0 Å². The molecular weight excluding hydrogens is 504 g/mol. The van der Waals surface area contributed by atoms with Gasteiger partial charge in [0.2, 0.25) is 0 Å². The maximum atomic E-state index is 13.0. The van der Waals surface area contributed by atoms with E-state index in [0.29, 0.717) is 30.2 Å². The number of amides is 1. The normalized spacial score (nSPS) is 13.2. The van der Waals surface area contributed by atoms with Crippen LogP contribution in [0.5, 0.6) is 23.0 Å². The van der Waals surface area contributed by atoms with Crippen LogP contribution in [0.25, 0.3) is 0 Å². The molecule has 1 amide bonds. The number of benzene rings is 3. The van der Waals surface area contributed by atoms with Crippen molar-refractivity contribution >= 4 is 17.5 Å². The Kier molecular flexibility index (Phi) is 10.1. The van der Waals surface area contributed by atoms with Crippen LogP contribution in [0.4, 0.5) is 0 Å². The summed E-state index contributed by atoms with van der Waals surface area (Å²) >= 11 is 6.75. The summed E-state index contributed by atoms with van der Waals surface area (Å²) in [4.78, 5) is 15.4. The van der Waals surface area contributed by atoms with E-state index in [1.807, 2.05) is 48.5 Å². The Balaban J connectivity index is 1.46. The van der Waals surface area contributed by atoms with Crippen molar-refractivity contribution in [2.24, 2.45) is 0 Å². The highest BCUT2D eigenvalue weighted by molar-refractivity contribution is 6.35. The third-order valence-electron chi connectivity index (χ3n) is 6.54. The van der Waals surface area contributed by atoms with E-state index in [0.717, 1.165) is 48.7 Å². The second-order valence-corrected chi connectivity index (χ2v) is 9.56. The molecule has 0 radical (unpaired) electrons. The van der Waals surface area contributed by atoms with Crippen LogP contribution in [0.1, 0.15) is 40.7 Å². The fourth-order valence-electron chi connectivity index (χ4n) is 4.33. The lowest BCUT2D eigenvalue weighted by molar-refractivity contribution is 0.0951. The molecule has 1 saturated heterocycles. The number of carbonyl (C=O) groups is 1. The fraction of sp³-hybridized carbons (Fsp3) is 0.367. The van der Waals surface area contributed by atoms with Gasteiger partial charge < -0.3 is 29.2 Å². The van der Waals surface area contributed by atoms with Crippen LogP contribution < -0.4 is 24.3 Å². The van der Waals surface area contributed by atoms with E-state index in [2.05, 4.69) is 10.2 Å². The van der Waals surface area contributed by atoms with Gasteiger partial charge in [0, 0.05) is 6.54 Å². The first-order valence-electron chi connectivity index (χ1n) is 12.9. The number of carbonyl (C=O) groups excluding carboxylic acids is 1. The molecule has 1 heterocycles. The first kappa shape index (κ1) is 27.6. The molecule has 0 unspecified atom stereocenters. The molecule has 1 aliphatic heterocycles. The maximum absolute atomic E-state index is 13.0. The lowest BCUT2D eigenvalue weighted by atomic mass is 10.1. The molecule has 7 nitrogen and oxygen atoms in total. The molecule has 0 aromatic heterocycles. The molecule has 0 aliphatic carbocycles. The van der Waals surface area contributed by atoms with E-state index in [1.54, 1.807) is 26.4 Å². The molecule has 202 valence electrons. The Morgan fingerprint density at radius 3 is 2.00 bits per heavy atom. The van der Waals surface area contributed by atoms with Crippen LogP contribution in [0.15, 0.2) is 60.7 Å². The summed E-state index contributed by atoms with van der Waals surface area (Å²) in [5.74, 6) is 2.10. The van der Waals surface area contributed by atoms with Gasteiger partial charge in [-0.2, -0.15) is 0 Å². The molecule has 0 bridgehead atoms. The number of methoxy groups -OCH3 is 2. The molecule has 3 aromatic rings. The summed E-state index contributed by atoms with van der Waals surface area (Å²) in [7, 11) is 3.26. The largest absolute Gasteiger partial charge is 0.497 e. The minimum atomic E-state index is -0.229. The molecule has 8 heteroatoms. The van der Waals surface area contributed by atoms with E-state index < -0.39 is 0 Å². The monoisotopic (exact) mass is 538 g/mol. The average molecular weight is 539 g/mol. The lowest BCUT2D eigenvalue weighted by Gasteiger charge is -2.17. The summed E-state index contributed by atoms with van der Waals surface area (Å²) in [6, 6.07) is 18.6. The van der Waals surface area contributed by atoms with Crippen molar-refractivity contribution in [2.75, 3.05) is 40.4 Å². The number of ether oxygens (including phenoxy) is 4. The molecule has 0 atom stereocenters. The van der Waals surface area contributed by atoms with Crippen LogP contribution in [0.3, 0.4) is 0 Å². The minimum Gasteiger partial charge on any atom is -0.497 e. The standard InChI is InChI=1S/C30H35ClN2O5/c1-35-24-10-6-22(7-11-24)20-37-27-15-14-26(30(34)32-16-5-19-33-17-3-4-18-33)28(31)29(27)38-21-23-8-12-25(36-2)13-9-23/h6-15H,3-5,16-21H2,1-2H3,(H,32,34). The zero-order chi connectivity index (χ0) is 26.7. The van der Waals surface area contributed by atoms with Crippen molar-refractivity contribution in [3.63, 3.8) is 0 Å². The maximum Gasteiger partial charge on any atom is 0.252 e. The molecule has 1 N–H and O–H groups in total. The number of halogens is 1. The Hall–Kier alpha value is -3.42. The van der Waals surface area contributed by atoms with Crippen molar-refractivity contribution in [2.45, 2.75) is 32.5 Å². The summed E-state index contributed by atoms with van der Waals surface area (Å²) in [6.45, 7) is 4.43. The molecule has 3 aromatic carbocycles. The summed E-state index contributed by atoms with van der Waals surface area (Å²) in [6.07, 6.45) is 3.41. The van der Waals surface area contributed by atoms with Gasteiger partial charge in [0.15, 0.2) is 11.5 Å². The van der Waals surface area contributed by atoms with E-state index in [9.17, 15) is 4.79 Å². The Morgan fingerprint density at radius 2 is 1.42 bits per heavy atom. The van der Waals surface area contributed by atoms with E-state index in [-0.39, 0.29) is 17.5 Å². The van der Waals surface area contributed by atoms with E-state index in [1.165, 1.54) is 12.8 Å². The van der Waals surface area contributed by atoms with Crippen LogP contribution in [0, 0.1) is 0 Å². The molecule has 4 rings (SSSR count). The minimum absolute atomic E-state index is 0.225. The van der Waals surface area contributed by atoms with Gasteiger partial charge in [-0.1, -0.05) is 35.9 Å². The highest BCUT2D eigenvalue weighted by Crippen LogP contribution is 2.39. The van der Waals surface area contributed by atoms with Crippen molar-refractivity contribution < 1.29 is 23.7 Å². The number of nitrogens with zero attached hydrogens (tertiary/aromatic N) is 1. The average Bonchev–Trinajstić information content (AvgIpc) is 3.48. The molecule has 1 fully saturated rings. The van der Waals surface area contributed by atoms with Gasteiger partial charge in [-0.05, 0) is 86.4 Å². The van der Waals surface area contributed by atoms with Crippen molar-refractivity contribution in [3.8, 4) is 23.0 Å². The van der Waals surface area contributed by atoms with Crippen molar-refractivity contribution in [3.05, 3.63) is 82.4 Å². The third kappa shape index (κ3) is 7.55. The number of nitrogens with one attached hydrogen (secondary N) is 1. The zero-order valence-electron chi connectivity index (χ0n) is 22.0. The van der Waals surface area contributed by atoms with Gasteiger partial charge in [-0.3, -0.25) is 4.79 Å². The first-order valence-corrected chi connectivity index (χ1v) is 13.3. The molecule has 38 heavy (non-hydrogen) atoms. The third-order valence-corrected chi connectivity index (χ3v) is 6.91. The number of hydrogen-bond acceptors (Lipinski definition) is 6. The summed E-state index contributed by atoms with van der Waals surface area (Å²) < 4.78 is 22.7. The summed E-state index contributed by atoms with van der Waals surface area (Å²) in [5.41, 5.74) is 2.25. The SMILES string of the molecule is COc1ccc(COc2ccc(C(=O)NCCCN3CCCC3)c(Cl)c2OCc2ccc(OC)cc2)cc1. The predicted molar refractivity (Wildman–Crippen MR) is 149 cm³/mol. The Morgan fingerprint density at radius 1 is 0.842 bits per heavy atom. The van der Waals surface area contributed by atoms with Crippen LogP contribution in [-0.2, 0) is 13.2 Å². The van der Waals surface area contributed by atoms with Gasteiger partial charge in [0.05, 0.1) is 24.8 Å². The Bertz CT molecular complexity index is 1180. The lowest BCUT2D eigenvalue weighted by Crippen LogP contribution is -2.28. The van der Waals surface area contributed by atoms with E-state index in [4.69, 9.17) is 30.5 Å². The molecule has 0 spiro atoms. The molecular formula is C30H35ClN2O5. The smallest absolute Gasteiger partial charge is 0.252 e. The van der Waals surface area contributed by atoms with Gasteiger partial charge in [0.1, 0.15) is 24.7 Å². The number of rotatable bonds is 13.